The Hall–Kier alpha value is -1.68. The SMILES string of the molecule is Cn1cnnc1CNC1CC(c2ccccc2)C1. The zero-order valence-corrected chi connectivity index (χ0v) is 10.6. The van der Waals surface area contributed by atoms with Crippen molar-refractivity contribution in [3.05, 3.63) is 48.0 Å². The summed E-state index contributed by atoms with van der Waals surface area (Å²) >= 11 is 0. The molecule has 94 valence electrons. The van der Waals surface area contributed by atoms with Gasteiger partial charge < -0.3 is 9.88 Å². The molecule has 0 aliphatic heterocycles. The fourth-order valence-corrected chi connectivity index (χ4v) is 2.48. The number of nitrogens with one attached hydrogen (secondary N) is 1. The Bertz CT molecular complexity index is 500. The molecule has 18 heavy (non-hydrogen) atoms. The molecule has 1 heterocycles. The van der Waals surface area contributed by atoms with Crippen molar-refractivity contribution in [2.45, 2.75) is 31.3 Å². The van der Waals surface area contributed by atoms with Gasteiger partial charge in [-0.3, -0.25) is 0 Å². The summed E-state index contributed by atoms with van der Waals surface area (Å²) in [4.78, 5) is 0. The molecule has 3 rings (SSSR count). The Morgan fingerprint density at radius 1 is 1.28 bits per heavy atom. The molecule has 1 aromatic carbocycles. The third-order valence-electron chi connectivity index (χ3n) is 3.76. The highest BCUT2D eigenvalue weighted by molar-refractivity contribution is 5.22. The van der Waals surface area contributed by atoms with Gasteiger partial charge in [0.05, 0.1) is 6.54 Å². The minimum absolute atomic E-state index is 0.618. The largest absolute Gasteiger partial charge is 0.320 e. The third-order valence-corrected chi connectivity index (χ3v) is 3.76. The Kier molecular flexibility index (Phi) is 3.11. The standard InChI is InChI=1S/C14H18N4/c1-18-10-16-17-14(18)9-15-13-7-12(8-13)11-5-3-2-4-6-11/h2-6,10,12-13,15H,7-9H2,1H3. The molecule has 0 bridgehead atoms. The van der Waals surface area contributed by atoms with E-state index in [-0.39, 0.29) is 0 Å². The monoisotopic (exact) mass is 242 g/mol. The highest BCUT2D eigenvalue weighted by Crippen LogP contribution is 2.36. The first-order valence-electron chi connectivity index (χ1n) is 6.44. The molecule has 1 fully saturated rings. The molecule has 4 heteroatoms. The van der Waals surface area contributed by atoms with E-state index in [1.165, 1.54) is 18.4 Å². The lowest BCUT2D eigenvalue weighted by Gasteiger charge is -2.36. The Morgan fingerprint density at radius 2 is 2.06 bits per heavy atom. The van der Waals surface area contributed by atoms with Crippen molar-refractivity contribution in [1.29, 1.82) is 0 Å². The van der Waals surface area contributed by atoms with Gasteiger partial charge in [-0.2, -0.15) is 0 Å². The maximum absolute atomic E-state index is 4.07. The van der Waals surface area contributed by atoms with Crippen LogP contribution in [-0.2, 0) is 13.6 Å². The lowest BCUT2D eigenvalue weighted by Crippen LogP contribution is -2.40. The van der Waals surface area contributed by atoms with Crippen molar-refractivity contribution in [3.63, 3.8) is 0 Å². The third kappa shape index (κ3) is 2.29. The summed E-state index contributed by atoms with van der Waals surface area (Å²) in [5.74, 6) is 1.72. The van der Waals surface area contributed by atoms with Gasteiger partial charge in [0, 0.05) is 13.1 Å². The maximum atomic E-state index is 4.07. The lowest BCUT2D eigenvalue weighted by atomic mass is 9.76. The van der Waals surface area contributed by atoms with E-state index in [2.05, 4.69) is 45.8 Å². The van der Waals surface area contributed by atoms with Crippen molar-refractivity contribution < 1.29 is 0 Å². The summed E-state index contributed by atoms with van der Waals surface area (Å²) in [6.45, 7) is 0.808. The van der Waals surface area contributed by atoms with E-state index in [9.17, 15) is 0 Å². The van der Waals surface area contributed by atoms with Gasteiger partial charge in [-0.25, -0.2) is 0 Å². The molecule has 1 aliphatic rings. The molecule has 0 saturated heterocycles. The van der Waals surface area contributed by atoms with Crippen LogP contribution in [0.5, 0.6) is 0 Å². The molecular weight excluding hydrogens is 224 g/mol. The zero-order chi connectivity index (χ0) is 12.4. The lowest BCUT2D eigenvalue weighted by molar-refractivity contribution is 0.286. The van der Waals surface area contributed by atoms with Crippen molar-refractivity contribution >= 4 is 0 Å². The highest BCUT2D eigenvalue weighted by atomic mass is 15.3. The summed E-state index contributed by atoms with van der Waals surface area (Å²) in [6, 6.07) is 11.4. The predicted octanol–water partition coefficient (Wildman–Crippen LogP) is 1.85. The van der Waals surface area contributed by atoms with Crippen LogP contribution < -0.4 is 5.32 Å². The number of hydrogen-bond acceptors (Lipinski definition) is 3. The van der Waals surface area contributed by atoms with Gasteiger partial charge in [0.25, 0.3) is 0 Å². The second-order valence-electron chi connectivity index (χ2n) is 5.01. The first-order chi connectivity index (χ1) is 8.83. The summed E-state index contributed by atoms with van der Waals surface area (Å²) in [6.07, 6.45) is 4.19. The minimum atomic E-state index is 0.618. The van der Waals surface area contributed by atoms with Crippen LogP contribution in [0, 0.1) is 0 Å². The average Bonchev–Trinajstić information content (AvgIpc) is 2.74. The van der Waals surface area contributed by atoms with Crippen LogP contribution in [0.15, 0.2) is 36.7 Å². The first-order valence-corrected chi connectivity index (χ1v) is 6.44. The van der Waals surface area contributed by atoms with Crippen molar-refractivity contribution in [2.75, 3.05) is 0 Å². The fraction of sp³-hybridized carbons (Fsp3) is 0.429. The quantitative estimate of drug-likeness (QED) is 0.889. The van der Waals surface area contributed by atoms with Crippen LogP contribution in [0.3, 0.4) is 0 Å². The number of aryl methyl sites for hydroxylation is 1. The fourth-order valence-electron chi connectivity index (χ4n) is 2.48. The molecule has 0 atom stereocenters. The Labute approximate surface area is 107 Å². The van der Waals surface area contributed by atoms with E-state index in [1.54, 1.807) is 6.33 Å². The van der Waals surface area contributed by atoms with E-state index >= 15 is 0 Å². The van der Waals surface area contributed by atoms with E-state index in [0.717, 1.165) is 18.3 Å². The first kappa shape index (κ1) is 11.4. The summed E-state index contributed by atoms with van der Waals surface area (Å²) in [5.41, 5.74) is 1.47. The number of hydrogen-bond donors (Lipinski definition) is 1. The van der Waals surface area contributed by atoms with Gasteiger partial charge >= 0.3 is 0 Å². The Balaban J connectivity index is 1.47. The molecule has 4 nitrogen and oxygen atoms in total. The van der Waals surface area contributed by atoms with Crippen molar-refractivity contribution in [1.82, 2.24) is 20.1 Å². The van der Waals surface area contributed by atoms with Crippen LogP contribution in [0.2, 0.25) is 0 Å². The normalized spacial score (nSPS) is 22.7. The van der Waals surface area contributed by atoms with Gasteiger partial charge in [-0.1, -0.05) is 30.3 Å². The van der Waals surface area contributed by atoms with Gasteiger partial charge in [0.2, 0.25) is 0 Å². The highest BCUT2D eigenvalue weighted by Gasteiger charge is 2.29. The number of nitrogens with zero attached hydrogens (tertiary/aromatic N) is 3. The van der Waals surface area contributed by atoms with E-state index in [0.29, 0.717) is 6.04 Å². The van der Waals surface area contributed by atoms with Crippen LogP contribution in [0.4, 0.5) is 0 Å². The minimum Gasteiger partial charge on any atom is -0.320 e. The summed E-state index contributed by atoms with van der Waals surface area (Å²) in [7, 11) is 1.98. The molecule has 1 aliphatic carbocycles. The molecule has 0 unspecified atom stereocenters. The van der Waals surface area contributed by atoms with Crippen LogP contribution in [0.25, 0.3) is 0 Å². The van der Waals surface area contributed by atoms with Gasteiger partial charge in [0.15, 0.2) is 0 Å². The number of rotatable bonds is 4. The maximum Gasteiger partial charge on any atom is 0.146 e. The molecule has 1 N–H and O–H groups in total. The van der Waals surface area contributed by atoms with Crippen LogP contribution in [-0.4, -0.2) is 20.8 Å². The molecule has 0 spiro atoms. The smallest absolute Gasteiger partial charge is 0.146 e. The number of aromatic nitrogens is 3. The van der Waals surface area contributed by atoms with Gasteiger partial charge in [-0.05, 0) is 24.3 Å². The zero-order valence-electron chi connectivity index (χ0n) is 10.6. The predicted molar refractivity (Wildman–Crippen MR) is 70.0 cm³/mol. The molecule has 0 amide bonds. The molecular formula is C14H18N4. The van der Waals surface area contributed by atoms with Crippen molar-refractivity contribution in [3.8, 4) is 0 Å². The van der Waals surface area contributed by atoms with E-state index in [1.807, 2.05) is 11.6 Å². The molecule has 0 radical (unpaired) electrons. The summed E-state index contributed by atoms with van der Waals surface area (Å²) in [5, 5.41) is 11.5. The topological polar surface area (TPSA) is 42.7 Å². The molecule has 1 aromatic heterocycles. The van der Waals surface area contributed by atoms with Gasteiger partial charge in [0.1, 0.15) is 12.2 Å². The second kappa shape index (κ2) is 4.90. The molecule has 1 saturated carbocycles. The van der Waals surface area contributed by atoms with Crippen molar-refractivity contribution in [2.24, 2.45) is 7.05 Å². The number of benzene rings is 1. The van der Waals surface area contributed by atoms with Crippen LogP contribution in [0.1, 0.15) is 30.1 Å². The van der Waals surface area contributed by atoms with E-state index in [4.69, 9.17) is 0 Å². The van der Waals surface area contributed by atoms with Gasteiger partial charge in [-0.15, -0.1) is 10.2 Å². The van der Waals surface area contributed by atoms with E-state index < -0.39 is 0 Å². The second-order valence-corrected chi connectivity index (χ2v) is 5.01. The average molecular weight is 242 g/mol. The van der Waals surface area contributed by atoms with Crippen LogP contribution >= 0.6 is 0 Å². The molecule has 2 aromatic rings. The summed E-state index contributed by atoms with van der Waals surface area (Å²) < 4.78 is 1.96. The Morgan fingerprint density at radius 3 is 2.72 bits per heavy atom.